The molecule has 10 heteroatoms. The number of hydrogen-bond acceptors (Lipinski definition) is 7. The molecule has 0 aliphatic rings. The fourth-order valence-corrected chi connectivity index (χ4v) is 4.24. The number of sulfonamides is 1. The van der Waals surface area contributed by atoms with Crippen LogP contribution >= 0.6 is 0 Å². The van der Waals surface area contributed by atoms with Crippen LogP contribution in [0.2, 0.25) is 0 Å². The van der Waals surface area contributed by atoms with E-state index in [4.69, 9.17) is 9.47 Å². The van der Waals surface area contributed by atoms with E-state index in [0.29, 0.717) is 0 Å². The number of ether oxygens (including phenoxy) is 2. The zero-order chi connectivity index (χ0) is 24.1. The number of benzene rings is 2. The van der Waals surface area contributed by atoms with E-state index in [0.717, 1.165) is 17.7 Å². The number of esters is 1. The summed E-state index contributed by atoms with van der Waals surface area (Å²) in [6, 6.07) is 11.4. The Hall–Kier alpha value is -2.98. The van der Waals surface area contributed by atoms with Crippen molar-refractivity contribution in [3.63, 3.8) is 0 Å². The van der Waals surface area contributed by atoms with Gasteiger partial charge in [0.25, 0.3) is 5.69 Å². The lowest BCUT2D eigenvalue weighted by molar-refractivity contribution is -0.387. The van der Waals surface area contributed by atoms with Crippen LogP contribution in [-0.2, 0) is 26.2 Å². The molecule has 0 aromatic heterocycles. The van der Waals surface area contributed by atoms with Gasteiger partial charge < -0.3 is 9.47 Å². The summed E-state index contributed by atoms with van der Waals surface area (Å²) in [7, 11) is -4.41. The molecule has 0 aliphatic carbocycles. The Morgan fingerprint density at radius 1 is 1.12 bits per heavy atom. The van der Waals surface area contributed by atoms with Crippen molar-refractivity contribution in [1.29, 1.82) is 0 Å². The van der Waals surface area contributed by atoms with Crippen LogP contribution in [0.3, 0.4) is 0 Å². The van der Waals surface area contributed by atoms with Gasteiger partial charge in [-0.05, 0) is 44.4 Å². The van der Waals surface area contributed by atoms with Crippen LogP contribution in [0.4, 0.5) is 5.69 Å². The predicted molar refractivity (Wildman–Crippen MR) is 119 cm³/mol. The second-order valence-corrected chi connectivity index (χ2v) is 10.2. The summed E-state index contributed by atoms with van der Waals surface area (Å²) in [6.45, 7) is 8.44. The van der Waals surface area contributed by atoms with Crippen LogP contribution in [0.25, 0.3) is 0 Å². The molecule has 0 saturated heterocycles. The van der Waals surface area contributed by atoms with Crippen molar-refractivity contribution in [3.8, 4) is 5.75 Å². The van der Waals surface area contributed by atoms with Crippen molar-refractivity contribution in [2.75, 3.05) is 0 Å². The van der Waals surface area contributed by atoms with Gasteiger partial charge in [0.1, 0.15) is 24.0 Å². The van der Waals surface area contributed by atoms with Crippen molar-refractivity contribution >= 4 is 21.7 Å². The maximum Gasteiger partial charge on any atom is 0.324 e. The summed E-state index contributed by atoms with van der Waals surface area (Å²) in [5, 5.41) is 11.6. The molecule has 2 aromatic rings. The zero-order valence-corrected chi connectivity index (χ0v) is 19.5. The third kappa shape index (κ3) is 7.03. The normalized spacial score (nSPS) is 12.9. The fraction of sp³-hybridized carbons (Fsp3) is 0.409. The molecule has 2 aromatic carbocycles. The molecule has 0 aliphatic heterocycles. The van der Waals surface area contributed by atoms with Gasteiger partial charge in [0, 0.05) is 0 Å². The van der Waals surface area contributed by atoms with Crippen LogP contribution in [0.5, 0.6) is 5.75 Å². The summed E-state index contributed by atoms with van der Waals surface area (Å²) in [5.41, 5.74) is -0.625. The number of nitrogens with zero attached hydrogens (tertiary/aromatic N) is 1. The smallest absolute Gasteiger partial charge is 0.324 e. The molecule has 0 heterocycles. The largest absolute Gasteiger partial charge is 0.489 e. The highest BCUT2D eigenvalue weighted by atomic mass is 32.2. The lowest BCUT2D eigenvalue weighted by atomic mass is 10.1. The van der Waals surface area contributed by atoms with Crippen molar-refractivity contribution in [3.05, 3.63) is 64.2 Å². The summed E-state index contributed by atoms with van der Waals surface area (Å²) in [6.07, 6.45) is 0. The van der Waals surface area contributed by atoms with Crippen LogP contribution in [0.15, 0.2) is 53.4 Å². The molecule has 0 unspecified atom stereocenters. The van der Waals surface area contributed by atoms with Crippen molar-refractivity contribution < 1.29 is 27.6 Å². The minimum atomic E-state index is -4.41. The van der Waals surface area contributed by atoms with Gasteiger partial charge in [0.15, 0.2) is 4.90 Å². The lowest BCUT2D eigenvalue weighted by Gasteiger charge is -2.26. The van der Waals surface area contributed by atoms with E-state index in [2.05, 4.69) is 4.72 Å². The van der Waals surface area contributed by atoms with Gasteiger partial charge in [-0.3, -0.25) is 14.9 Å². The SMILES string of the molecule is CC(C)[C@@H](NS(=O)(=O)c1ccc(OCc2ccccc2)cc1[N+](=O)[O-])C(=O)OC(C)(C)C. The third-order valence-corrected chi connectivity index (χ3v) is 5.76. The van der Waals surface area contributed by atoms with Crippen molar-refractivity contribution in [2.45, 2.75) is 57.8 Å². The first-order valence-corrected chi connectivity index (χ1v) is 11.5. The molecule has 1 atom stereocenters. The van der Waals surface area contributed by atoms with E-state index in [9.17, 15) is 23.3 Å². The minimum Gasteiger partial charge on any atom is -0.489 e. The first kappa shape index (κ1) is 25.3. The maximum atomic E-state index is 13.0. The molecule has 32 heavy (non-hydrogen) atoms. The highest BCUT2D eigenvalue weighted by Crippen LogP contribution is 2.29. The fourth-order valence-electron chi connectivity index (χ4n) is 2.75. The van der Waals surface area contributed by atoms with E-state index in [1.165, 1.54) is 6.07 Å². The van der Waals surface area contributed by atoms with E-state index >= 15 is 0 Å². The van der Waals surface area contributed by atoms with Gasteiger partial charge in [-0.25, -0.2) is 8.42 Å². The highest BCUT2D eigenvalue weighted by molar-refractivity contribution is 7.89. The molecule has 0 fully saturated rings. The quantitative estimate of drug-likeness (QED) is 0.340. The second kappa shape index (κ2) is 10.1. The minimum absolute atomic E-state index is 0.145. The van der Waals surface area contributed by atoms with Gasteiger partial charge in [0.2, 0.25) is 10.0 Å². The topological polar surface area (TPSA) is 125 Å². The third-order valence-electron chi connectivity index (χ3n) is 4.27. The Morgan fingerprint density at radius 3 is 2.28 bits per heavy atom. The van der Waals surface area contributed by atoms with Crippen LogP contribution in [0.1, 0.15) is 40.2 Å². The zero-order valence-electron chi connectivity index (χ0n) is 18.7. The summed E-state index contributed by atoms with van der Waals surface area (Å²) < 4.78 is 39.1. The molecule has 0 bridgehead atoms. The molecule has 9 nitrogen and oxygen atoms in total. The van der Waals surface area contributed by atoms with Gasteiger partial charge in [-0.1, -0.05) is 44.2 Å². The van der Waals surface area contributed by atoms with Crippen molar-refractivity contribution in [1.82, 2.24) is 4.72 Å². The Bertz CT molecular complexity index is 1060. The van der Waals surface area contributed by atoms with E-state index in [1.54, 1.807) is 34.6 Å². The number of nitro benzene ring substituents is 1. The molecule has 0 amide bonds. The summed E-state index contributed by atoms with van der Waals surface area (Å²) in [5.74, 6) is -1.07. The summed E-state index contributed by atoms with van der Waals surface area (Å²) >= 11 is 0. The lowest BCUT2D eigenvalue weighted by Crippen LogP contribution is -2.47. The molecular weight excluding hydrogens is 436 g/mol. The van der Waals surface area contributed by atoms with Crippen LogP contribution in [0, 0.1) is 16.0 Å². The van der Waals surface area contributed by atoms with Gasteiger partial charge in [-0.2, -0.15) is 4.72 Å². The van der Waals surface area contributed by atoms with Crippen molar-refractivity contribution in [2.24, 2.45) is 5.92 Å². The number of rotatable bonds is 9. The van der Waals surface area contributed by atoms with Crippen LogP contribution < -0.4 is 9.46 Å². The molecular formula is C22H28N2O7S. The number of nitro groups is 1. The molecule has 174 valence electrons. The Kier molecular flexibility index (Phi) is 7.97. The van der Waals surface area contributed by atoms with Gasteiger partial charge >= 0.3 is 5.97 Å². The van der Waals surface area contributed by atoms with Gasteiger partial charge in [-0.15, -0.1) is 0 Å². The molecule has 1 N–H and O–H groups in total. The first-order chi connectivity index (χ1) is 14.8. The number of carbonyl (C=O) groups excluding carboxylic acids is 1. The Balaban J connectivity index is 2.30. The average molecular weight is 465 g/mol. The highest BCUT2D eigenvalue weighted by Gasteiger charge is 2.35. The molecule has 2 rings (SSSR count). The van der Waals surface area contributed by atoms with E-state index in [1.807, 2.05) is 30.3 Å². The van der Waals surface area contributed by atoms with Crippen LogP contribution in [-0.4, -0.2) is 31.0 Å². The number of carbonyl (C=O) groups is 1. The standard InChI is InChI=1S/C22H28N2O7S/c1-15(2)20(21(25)31-22(3,4)5)23-32(28,29)19-12-11-17(13-18(19)24(26)27)30-14-16-9-7-6-8-10-16/h6-13,15,20,23H,14H2,1-5H3/t20-/m1/s1. The van der Waals surface area contributed by atoms with Gasteiger partial charge in [0.05, 0.1) is 11.0 Å². The summed E-state index contributed by atoms with van der Waals surface area (Å²) in [4.78, 5) is 22.7. The van der Waals surface area contributed by atoms with E-state index < -0.39 is 49.1 Å². The molecule has 0 radical (unpaired) electrons. The Morgan fingerprint density at radius 2 is 1.75 bits per heavy atom. The van der Waals surface area contributed by atoms with E-state index in [-0.39, 0.29) is 12.4 Å². The Labute approximate surface area is 187 Å². The number of hydrogen-bond donors (Lipinski definition) is 1. The average Bonchev–Trinajstić information content (AvgIpc) is 2.69. The first-order valence-electron chi connectivity index (χ1n) is 10.0. The number of nitrogens with one attached hydrogen (secondary N) is 1. The second-order valence-electron chi connectivity index (χ2n) is 8.54. The molecule has 0 spiro atoms. The molecule has 0 saturated carbocycles. The predicted octanol–water partition coefficient (Wildman–Crippen LogP) is 3.82. The monoisotopic (exact) mass is 464 g/mol. The maximum absolute atomic E-state index is 13.0.